The van der Waals surface area contributed by atoms with Gasteiger partial charge in [-0.15, -0.1) is 0 Å². The lowest BCUT2D eigenvalue weighted by atomic mass is 10.2. The van der Waals surface area contributed by atoms with Crippen molar-refractivity contribution in [2.45, 2.75) is 25.4 Å². The van der Waals surface area contributed by atoms with Crippen LogP contribution < -0.4 is 4.74 Å². The van der Waals surface area contributed by atoms with Gasteiger partial charge in [-0.1, -0.05) is 0 Å². The van der Waals surface area contributed by atoms with E-state index in [0.29, 0.717) is 6.61 Å². The van der Waals surface area contributed by atoms with Gasteiger partial charge < -0.3 is 4.74 Å². The van der Waals surface area contributed by atoms with Crippen LogP contribution in [-0.2, 0) is 6.54 Å². The van der Waals surface area contributed by atoms with E-state index in [1.54, 1.807) is 12.4 Å². The molecule has 2 aromatic heterocycles. The molecule has 21 heavy (non-hydrogen) atoms. The molecule has 0 amide bonds. The number of nitrogens with zero attached hydrogens (tertiary/aromatic N) is 4. The molecule has 5 heteroatoms. The van der Waals surface area contributed by atoms with Crippen molar-refractivity contribution in [2.75, 3.05) is 19.7 Å². The quantitative estimate of drug-likeness (QED) is 0.843. The van der Waals surface area contributed by atoms with Crippen molar-refractivity contribution in [3.63, 3.8) is 0 Å². The number of rotatable bonds is 5. The van der Waals surface area contributed by atoms with Gasteiger partial charge in [0.1, 0.15) is 12.4 Å². The Morgan fingerprint density at radius 2 is 2.19 bits per heavy atom. The molecule has 1 fully saturated rings. The van der Waals surface area contributed by atoms with E-state index < -0.39 is 0 Å². The van der Waals surface area contributed by atoms with Crippen LogP contribution >= 0.6 is 0 Å². The molecule has 1 aliphatic carbocycles. The van der Waals surface area contributed by atoms with E-state index in [-0.39, 0.29) is 6.04 Å². The Kier molecular flexibility index (Phi) is 3.35. The van der Waals surface area contributed by atoms with E-state index in [1.165, 1.54) is 25.1 Å². The third-order valence-corrected chi connectivity index (χ3v) is 4.24. The minimum Gasteiger partial charge on any atom is -0.490 e. The fourth-order valence-corrected chi connectivity index (χ4v) is 3.02. The Bertz CT molecular complexity index is 593. The topological polar surface area (TPSA) is 43.2 Å². The molecule has 0 spiro atoms. The van der Waals surface area contributed by atoms with Crippen LogP contribution in [0.1, 0.15) is 24.6 Å². The van der Waals surface area contributed by atoms with Crippen molar-refractivity contribution in [2.24, 2.45) is 5.92 Å². The molecule has 0 N–H and O–H groups in total. The zero-order chi connectivity index (χ0) is 14.1. The Morgan fingerprint density at radius 1 is 1.24 bits per heavy atom. The first kappa shape index (κ1) is 12.8. The first-order valence-corrected chi connectivity index (χ1v) is 7.66. The third-order valence-electron chi connectivity index (χ3n) is 4.24. The molecule has 5 nitrogen and oxygen atoms in total. The predicted molar refractivity (Wildman–Crippen MR) is 79.0 cm³/mol. The zero-order valence-electron chi connectivity index (χ0n) is 12.1. The van der Waals surface area contributed by atoms with Crippen LogP contribution in [-0.4, -0.2) is 39.4 Å². The van der Waals surface area contributed by atoms with Crippen molar-refractivity contribution >= 4 is 0 Å². The molecule has 3 heterocycles. The number of fused-ring (bicyclic) bond motifs is 1. The lowest BCUT2D eigenvalue weighted by Crippen LogP contribution is -2.40. The van der Waals surface area contributed by atoms with E-state index >= 15 is 0 Å². The van der Waals surface area contributed by atoms with Gasteiger partial charge in [0, 0.05) is 32.0 Å². The number of ether oxygens (including phenoxy) is 1. The second-order valence-electron chi connectivity index (χ2n) is 6.06. The molecule has 110 valence electrons. The molecular weight excluding hydrogens is 264 g/mol. The van der Waals surface area contributed by atoms with Gasteiger partial charge in [0.2, 0.25) is 0 Å². The molecule has 0 bridgehead atoms. The second-order valence-corrected chi connectivity index (χ2v) is 6.06. The average Bonchev–Trinajstić information content (AvgIpc) is 3.20. The van der Waals surface area contributed by atoms with Gasteiger partial charge in [0.05, 0.1) is 17.9 Å². The number of aromatic nitrogens is 3. The highest BCUT2D eigenvalue weighted by molar-refractivity contribution is 5.15. The van der Waals surface area contributed by atoms with Gasteiger partial charge in [-0.2, -0.15) is 5.10 Å². The van der Waals surface area contributed by atoms with Crippen LogP contribution in [0.25, 0.3) is 0 Å². The molecule has 0 saturated heterocycles. The summed E-state index contributed by atoms with van der Waals surface area (Å²) in [5.74, 6) is 1.74. The number of hydrogen-bond donors (Lipinski definition) is 0. The molecular formula is C16H20N4O. The van der Waals surface area contributed by atoms with Gasteiger partial charge in [0.25, 0.3) is 0 Å². The summed E-state index contributed by atoms with van der Waals surface area (Å²) in [6, 6.07) is 6.25. The monoisotopic (exact) mass is 284 g/mol. The zero-order valence-corrected chi connectivity index (χ0v) is 12.1. The normalized spacial score (nSPS) is 22.0. The molecule has 1 saturated carbocycles. The van der Waals surface area contributed by atoms with Crippen LogP contribution in [0, 0.1) is 5.92 Å². The summed E-state index contributed by atoms with van der Waals surface area (Å²) >= 11 is 0. The maximum absolute atomic E-state index is 5.89. The predicted octanol–water partition coefficient (Wildman–Crippen LogP) is 2.12. The maximum Gasteiger partial charge on any atom is 0.137 e. The van der Waals surface area contributed by atoms with Crippen molar-refractivity contribution < 1.29 is 4.74 Å². The highest BCUT2D eigenvalue weighted by atomic mass is 16.5. The Hall–Kier alpha value is -1.88. The van der Waals surface area contributed by atoms with Gasteiger partial charge in [0.15, 0.2) is 0 Å². The van der Waals surface area contributed by atoms with E-state index in [2.05, 4.69) is 25.7 Å². The Labute approximate surface area is 124 Å². The maximum atomic E-state index is 5.89. The van der Waals surface area contributed by atoms with E-state index in [4.69, 9.17) is 4.74 Å². The van der Waals surface area contributed by atoms with E-state index in [9.17, 15) is 0 Å². The summed E-state index contributed by atoms with van der Waals surface area (Å²) in [6.45, 7) is 3.89. The lowest BCUT2D eigenvalue weighted by molar-refractivity contribution is 0.128. The highest BCUT2D eigenvalue weighted by Gasteiger charge is 2.30. The van der Waals surface area contributed by atoms with Crippen molar-refractivity contribution in [1.82, 2.24) is 19.7 Å². The lowest BCUT2D eigenvalue weighted by Gasteiger charge is -2.33. The molecule has 4 rings (SSSR count). The largest absolute Gasteiger partial charge is 0.490 e. The van der Waals surface area contributed by atoms with Crippen LogP contribution in [0.3, 0.4) is 0 Å². The third kappa shape index (κ3) is 2.93. The van der Waals surface area contributed by atoms with Crippen molar-refractivity contribution in [3.8, 4) is 5.75 Å². The second kappa shape index (κ2) is 5.48. The summed E-state index contributed by atoms with van der Waals surface area (Å²) in [5.41, 5.74) is 1.29. The Balaban J connectivity index is 1.45. The first-order valence-electron chi connectivity index (χ1n) is 7.66. The molecule has 2 aromatic rings. The van der Waals surface area contributed by atoms with Crippen molar-refractivity contribution in [3.05, 3.63) is 42.5 Å². The van der Waals surface area contributed by atoms with Gasteiger partial charge in [-0.3, -0.25) is 14.6 Å². The fourth-order valence-electron chi connectivity index (χ4n) is 3.02. The van der Waals surface area contributed by atoms with Crippen LogP contribution in [0.4, 0.5) is 0 Å². The van der Waals surface area contributed by atoms with Gasteiger partial charge in [-0.05, 0) is 37.0 Å². The summed E-state index contributed by atoms with van der Waals surface area (Å²) in [6.07, 6.45) is 8.21. The fraction of sp³-hybridized carbons (Fsp3) is 0.500. The van der Waals surface area contributed by atoms with Gasteiger partial charge in [-0.25, -0.2) is 0 Å². The molecule has 1 aliphatic heterocycles. The first-order chi connectivity index (χ1) is 10.4. The summed E-state index contributed by atoms with van der Waals surface area (Å²) in [4.78, 5) is 6.64. The molecule has 1 unspecified atom stereocenters. The minimum absolute atomic E-state index is 0.280. The molecule has 2 aliphatic rings. The summed E-state index contributed by atoms with van der Waals surface area (Å²) < 4.78 is 8.02. The van der Waals surface area contributed by atoms with Crippen LogP contribution in [0.2, 0.25) is 0 Å². The summed E-state index contributed by atoms with van der Waals surface area (Å²) in [5, 5.41) is 4.47. The number of hydrogen-bond acceptors (Lipinski definition) is 4. The SMILES string of the molecule is c1cncc(OCC2CN(CC3CC3)Cc3ccnn32)c1. The standard InChI is InChI=1S/C16H20N4O/c1-2-16(8-17-6-1)21-12-15-11-19(9-13-3-4-13)10-14-5-7-18-20(14)15/h1-2,5-8,13,15H,3-4,9-12H2. The Morgan fingerprint density at radius 3 is 3.00 bits per heavy atom. The number of pyridine rings is 1. The van der Waals surface area contributed by atoms with Crippen molar-refractivity contribution in [1.29, 1.82) is 0 Å². The molecule has 1 atom stereocenters. The highest BCUT2D eigenvalue weighted by Crippen LogP contribution is 2.32. The van der Waals surface area contributed by atoms with Crippen LogP contribution in [0.5, 0.6) is 5.75 Å². The summed E-state index contributed by atoms with van der Waals surface area (Å²) in [7, 11) is 0. The van der Waals surface area contributed by atoms with Gasteiger partial charge >= 0.3 is 0 Å². The average molecular weight is 284 g/mol. The molecule has 0 radical (unpaired) electrons. The smallest absolute Gasteiger partial charge is 0.137 e. The molecule has 0 aromatic carbocycles. The van der Waals surface area contributed by atoms with Crippen LogP contribution in [0.15, 0.2) is 36.8 Å². The minimum atomic E-state index is 0.280. The van der Waals surface area contributed by atoms with E-state index in [0.717, 1.165) is 24.8 Å². The van der Waals surface area contributed by atoms with E-state index in [1.807, 2.05) is 18.3 Å².